The van der Waals surface area contributed by atoms with Crippen molar-refractivity contribution in [3.8, 4) is 0 Å². The minimum Gasteiger partial charge on any atom is -0.388 e. The molecule has 0 spiro atoms. The van der Waals surface area contributed by atoms with Crippen molar-refractivity contribution < 1.29 is 14.3 Å². The number of Topliss-reactive ketones (excluding diaryl/α,β-unsaturated/α-hetero) is 1. The summed E-state index contributed by atoms with van der Waals surface area (Å²) in [6, 6.07) is 14.7. The summed E-state index contributed by atoms with van der Waals surface area (Å²) in [6.45, 7) is 1.98. The van der Waals surface area contributed by atoms with Crippen LogP contribution in [0.4, 0.5) is 4.39 Å². The normalized spacial score (nSPS) is 12.8. The predicted octanol–water partition coefficient (Wildman–Crippen LogP) is 3.24. The van der Waals surface area contributed by atoms with Crippen LogP contribution in [-0.4, -0.2) is 17.4 Å². The van der Waals surface area contributed by atoms with Gasteiger partial charge in [-0.15, -0.1) is 0 Å². The molecule has 3 nitrogen and oxygen atoms in total. The lowest BCUT2D eigenvalue weighted by Crippen LogP contribution is -2.17. The van der Waals surface area contributed by atoms with Crippen molar-refractivity contribution in [2.24, 2.45) is 0 Å². The fourth-order valence-corrected chi connectivity index (χ4v) is 2.01. The molecule has 0 aliphatic rings. The van der Waals surface area contributed by atoms with Crippen molar-refractivity contribution in [2.75, 3.05) is 6.54 Å². The van der Waals surface area contributed by atoms with Gasteiger partial charge >= 0.3 is 0 Å². The lowest BCUT2D eigenvalue weighted by atomic mass is 10.1. The number of aliphatic hydroxyl groups excluding tert-OH is 1. The molecule has 0 radical (unpaired) electrons. The van der Waals surface area contributed by atoms with Crippen molar-refractivity contribution in [1.29, 1.82) is 0 Å². The first-order valence-corrected chi connectivity index (χ1v) is 7.01. The maximum Gasteiger partial charge on any atom is 0.190 e. The molecule has 0 saturated carbocycles. The van der Waals surface area contributed by atoms with Crippen LogP contribution in [0, 0.1) is 5.82 Å². The van der Waals surface area contributed by atoms with Crippen LogP contribution in [0.1, 0.15) is 28.9 Å². The van der Waals surface area contributed by atoms with Crippen LogP contribution in [0.2, 0.25) is 0 Å². The van der Waals surface area contributed by atoms with Crippen LogP contribution in [-0.2, 0) is 0 Å². The highest BCUT2D eigenvalue weighted by atomic mass is 19.1. The molecule has 1 atom stereocenters. The van der Waals surface area contributed by atoms with E-state index in [1.807, 2.05) is 30.3 Å². The van der Waals surface area contributed by atoms with Gasteiger partial charge in [0.15, 0.2) is 5.78 Å². The molecule has 0 heterocycles. The lowest BCUT2D eigenvalue weighted by Gasteiger charge is -2.11. The van der Waals surface area contributed by atoms with E-state index in [-0.39, 0.29) is 11.6 Å². The van der Waals surface area contributed by atoms with Gasteiger partial charge < -0.3 is 10.4 Å². The molecule has 2 aromatic carbocycles. The Balaban J connectivity index is 1.92. The Kier molecular flexibility index (Phi) is 5.44. The topological polar surface area (TPSA) is 49.3 Å². The van der Waals surface area contributed by atoms with E-state index in [0.29, 0.717) is 17.7 Å². The number of ketones is 1. The Morgan fingerprint density at radius 2 is 1.82 bits per heavy atom. The third-order valence-corrected chi connectivity index (χ3v) is 3.28. The van der Waals surface area contributed by atoms with Crippen molar-refractivity contribution in [2.45, 2.75) is 13.0 Å². The summed E-state index contributed by atoms with van der Waals surface area (Å²) in [7, 11) is 0. The van der Waals surface area contributed by atoms with Gasteiger partial charge in [0.1, 0.15) is 5.82 Å². The van der Waals surface area contributed by atoms with Gasteiger partial charge in [-0.2, -0.15) is 0 Å². The Bertz CT molecular complexity index is 651. The van der Waals surface area contributed by atoms with Gasteiger partial charge in [-0.3, -0.25) is 4.79 Å². The summed E-state index contributed by atoms with van der Waals surface area (Å²) < 4.78 is 12.8. The fourth-order valence-electron chi connectivity index (χ4n) is 2.01. The van der Waals surface area contributed by atoms with Crippen LogP contribution in [0.25, 0.3) is 0 Å². The quantitative estimate of drug-likeness (QED) is 0.636. The van der Waals surface area contributed by atoms with E-state index in [4.69, 9.17) is 0 Å². The summed E-state index contributed by atoms with van der Waals surface area (Å²) in [5.41, 5.74) is 1.73. The Morgan fingerprint density at radius 1 is 1.18 bits per heavy atom. The SMILES string of the molecule is CC(=CNCC(O)c1ccccc1)C(=O)c1ccc(F)cc1. The van der Waals surface area contributed by atoms with Crippen molar-refractivity contribution in [1.82, 2.24) is 5.32 Å². The maximum atomic E-state index is 12.8. The van der Waals surface area contributed by atoms with Crippen LogP contribution in [0.5, 0.6) is 0 Å². The first-order chi connectivity index (χ1) is 10.6. The van der Waals surface area contributed by atoms with Crippen molar-refractivity contribution in [3.63, 3.8) is 0 Å². The number of hydrogen-bond donors (Lipinski definition) is 2. The van der Waals surface area contributed by atoms with Gasteiger partial charge in [0.05, 0.1) is 6.10 Å². The molecule has 0 bridgehead atoms. The smallest absolute Gasteiger partial charge is 0.190 e. The molecule has 0 aliphatic carbocycles. The summed E-state index contributed by atoms with van der Waals surface area (Å²) in [5.74, 6) is -0.552. The highest BCUT2D eigenvalue weighted by Gasteiger charge is 2.09. The van der Waals surface area contributed by atoms with Crippen LogP contribution in [0.3, 0.4) is 0 Å². The predicted molar refractivity (Wildman–Crippen MR) is 83.9 cm³/mol. The van der Waals surface area contributed by atoms with Gasteiger partial charge in [-0.25, -0.2) is 4.39 Å². The van der Waals surface area contributed by atoms with Gasteiger partial charge in [-0.05, 0) is 36.8 Å². The third-order valence-electron chi connectivity index (χ3n) is 3.28. The van der Waals surface area contributed by atoms with E-state index >= 15 is 0 Å². The second kappa shape index (κ2) is 7.52. The molecule has 1 unspecified atom stereocenters. The van der Waals surface area contributed by atoms with E-state index in [9.17, 15) is 14.3 Å². The first-order valence-electron chi connectivity index (χ1n) is 7.01. The maximum absolute atomic E-state index is 12.8. The highest BCUT2D eigenvalue weighted by molar-refractivity contribution is 6.08. The number of hydrogen-bond acceptors (Lipinski definition) is 3. The molecular weight excluding hydrogens is 281 g/mol. The molecule has 0 aliphatic heterocycles. The number of allylic oxidation sites excluding steroid dienone is 1. The second-order valence-electron chi connectivity index (χ2n) is 5.00. The Morgan fingerprint density at radius 3 is 2.45 bits per heavy atom. The van der Waals surface area contributed by atoms with Crippen LogP contribution >= 0.6 is 0 Å². The Labute approximate surface area is 129 Å². The number of nitrogens with one attached hydrogen (secondary N) is 1. The number of rotatable bonds is 6. The zero-order valence-electron chi connectivity index (χ0n) is 12.3. The molecule has 2 N–H and O–H groups in total. The third kappa shape index (κ3) is 4.27. The van der Waals surface area contributed by atoms with Crippen LogP contribution < -0.4 is 5.32 Å². The summed E-state index contributed by atoms with van der Waals surface area (Å²) in [4.78, 5) is 12.1. The van der Waals surface area contributed by atoms with E-state index in [0.717, 1.165) is 5.56 Å². The Hall–Kier alpha value is -2.46. The molecule has 0 amide bonds. The molecule has 22 heavy (non-hydrogen) atoms. The average Bonchev–Trinajstić information content (AvgIpc) is 2.55. The minimum absolute atomic E-state index is 0.179. The summed E-state index contributed by atoms with van der Waals surface area (Å²) >= 11 is 0. The molecule has 0 fully saturated rings. The van der Waals surface area contributed by atoms with Crippen molar-refractivity contribution in [3.05, 3.63) is 83.3 Å². The molecule has 0 aromatic heterocycles. The van der Waals surface area contributed by atoms with Gasteiger partial charge in [0, 0.05) is 23.9 Å². The van der Waals surface area contributed by atoms with E-state index in [2.05, 4.69) is 5.32 Å². The summed E-state index contributed by atoms with van der Waals surface area (Å²) in [5, 5.41) is 12.9. The number of carbonyl (C=O) groups excluding carboxylic acids is 1. The molecule has 2 aromatic rings. The zero-order chi connectivity index (χ0) is 15.9. The van der Waals surface area contributed by atoms with Gasteiger partial charge in [0.2, 0.25) is 0 Å². The van der Waals surface area contributed by atoms with Gasteiger partial charge in [0.25, 0.3) is 0 Å². The largest absolute Gasteiger partial charge is 0.388 e. The standard InChI is InChI=1S/C18H18FNO2/c1-13(18(22)15-7-9-16(19)10-8-15)11-20-12-17(21)14-5-3-2-4-6-14/h2-11,17,20-21H,12H2,1H3. The van der Waals surface area contributed by atoms with E-state index in [1.54, 1.807) is 13.1 Å². The molecule has 114 valence electrons. The fraction of sp³-hybridized carbons (Fsp3) is 0.167. The van der Waals surface area contributed by atoms with Crippen molar-refractivity contribution >= 4 is 5.78 Å². The molecule has 0 saturated heterocycles. The number of benzene rings is 2. The average molecular weight is 299 g/mol. The molecular formula is C18H18FNO2. The minimum atomic E-state index is -0.647. The molecule has 4 heteroatoms. The monoisotopic (exact) mass is 299 g/mol. The zero-order valence-corrected chi connectivity index (χ0v) is 12.3. The number of carbonyl (C=O) groups is 1. The van der Waals surface area contributed by atoms with E-state index in [1.165, 1.54) is 24.3 Å². The first kappa shape index (κ1) is 15.9. The van der Waals surface area contributed by atoms with Gasteiger partial charge in [-0.1, -0.05) is 30.3 Å². The van der Waals surface area contributed by atoms with E-state index < -0.39 is 6.10 Å². The number of halogens is 1. The lowest BCUT2D eigenvalue weighted by molar-refractivity contribution is 0.103. The number of aliphatic hydroxyl groups is 1. The highest BCUT2D eigenvalue weighted by Crippen LogP contribution is 2.11. The summed E-state index contributed by atoms with van der Waals surface area (Å²) in [6.07, 6.45) is 0.920. The second-order valence-corrected chi connectivity index (χ2v) is 5.00. The molecule has 2 rings (SSSR count). The van der Waals surface area contributed by atoms with Crippen LogP contribution in [0.15, 0.2) is 66.4 Å².